The third kappa shape index (κ3) is 4.10. The van der Waals surface area contributed by atoms with Gasteiger partial charge in [0.05, 0.1) is 24.0 Å². The van der Waals surface area contributed by atoms with E-state index in [-0.39, 0.29) is 5.54 Å². The molecule has 1 saturated heterocycles. The predicted octanol–water partition coefficient (Wildman–Crippen LogP) is 4.37. The zero-order valence-corrected chi connectivity index (χ0v) is 19.6. The van der Waals surface area contributed by atoms with Gasteiger partial charge in [-0.15, -0.1) is 0 Å². The van der Waals surface area contributed by atoms with Gasteiger partial charge in [-0.1, -0.05) is 18.2 Å². The van der Waals surface area contributed by atoms with E-state index in [2.05, 4.69) is 40.1 Å². The van der Waals surface area contributed by atoms with Crippen molar-refractivity contribution in [3.63, 3.8) is 0 Å². The van der Waals surface area contributed by atoms with E-state index in [1.807, 2.05) is 42.5 Å². The van der Waals surface area contributed by atoms with Gasteiger partial charge < -0.3 is 15.0 Å². The lowest BCUT2D eigenvalue weighted by atomic mass is 9.95. The topological polar surface area (TPSA) is 80.2 Å². The van der Waals surface area contributed by atoms with Gasteiger partial charge in [-0.05, 0) is 43.7 Å². The summed E-state index contributed by atoms with van der Waals surface area (Å²) in [6, 6.07) is 15.8. The number of rotatable bonds is 5. The number of anilines is 1. The Labute approximate surface area is 198 Å². The van der Waals surface area contributed by atoms with Gasteiger partial charge in [0, 0.05) is 59.5 Å². The van der Waals surface area contributed by atoms with Crippen LogP contribution in [-0.2, 0) is 0 Å². The van der Waals surface area contributed by atoms with Crippen molar-refractivity contribution in [2.75, 3.05) is 31.6 Å². The SMILES string of the molecule is COc1ccc(-c2ccc3ncnc(-c4cccc(C=O)c4N4CCNC(C)(C)C4)c3c2)cn1. The van der Waals surface area contributed by atoms with Gasteiger partial charge >= 0.3 is 0 Å². The molecule has 2 aromatic heterocycles. The molecule has 5 rings (SSSR count). The van der Waals surface area contributed by atoms with Crippen molar-refractivity contribution in [2.45, 2.75) is 19.4 Å². The van der Waals surface area contributed by atoms with Crippen molar-refractivity contribution < 1.29 is 9.53 Å². The van der Waals surface area contributed by atoms with Gasteiger partial charge in [0.2, 0.25) is 5.88 Å². The first-order valence-corrected chi connectivity index (χ1v) is 11.3. The van der Waals surface area contributed by atoms with Crippen LogP contribution in [0.15, 0.2) is 61.1 Å². The zero-order valence-electron chi connectivity index (χ0n) is 19.6. The second kappa shape index (κ2) is 8.83. The van der Waals surface area contributed by atoms with Crippen LogP contribution in [0.25, 0.3) is 33.3 Å². The number of fused-ring (bicyclic) bond motifs is 1. The molecule has 4 aromatic rings. The lowest BCUT2D eigenvalue weighted by molar-refractivity contribution is 0.112. The van der Waals surface area contributed by atoms with Crippen LogP contribution in [0.3, 0.4) is 0 Å². The van der Waals surface area contributed by atoms with E-state index >= 15 is 0 Å². The highest BCUT2D eigenvalue weighted by atomic mass is 16.5. The molecule has 172 valence electrons. The van der Waals surface area contributed by atoms with E-state index in [0.717, 1.165) is 64.9 Å². The largest absolute Gasteiger partial charge is 0.481 e. The maximum atomic E-state index is 12.1. The number of nitrogens with one attached hydrogen (secondary N) is 1. The van der Waals surface area contributed by atoms with E-state index in [9.17, 15) is 4.79 Å². The molecule has 1 aliphatic heterocycles. The van der Waals surface area contributed by atoms with Crippen molar-refractivity contribution >= 4 is 22.9 Å². The number of hydrogen-bond acceptors (Lipinski definition) is 7. The molecule has 0 bridgehead atoms. The Kier molecular flexibility index (Phi) is 5.71. The summed E-state index contributed by atoms with van der Waals surface area (Å²) < 4.78 is 5.19. The standard InChI is InChI=1S/C27H27N5O2/c1-27(2)16-32(12-11-31-27)26-20(15-33)5-4-6-21(26)25-22-13-18(7-9-23(22)29-17-30-25)19-8-10-24(34-3)28-14-19/h4-10,13-15,17,31H,11-12,16H2,1-3H3. The average molecular weight is 454 g/mol. The second-order valence-electron chi connectivity index (χ2n) is 9.14. The van der Waals surface area contributed by atoms with Gasteiger partial charge in [-0.2, -0.15) is 0 Å². The Balaban J connectivity index is 1.68. The molecule has 0 spiro atoms. The number of carbonyl (C=O) groups is 1. The van der Waals surface area contributed by atoms with Gasteiger partial charge in [0.1, 0.15) is 6.33 Å². The third-order valence-corrected chi connectivity index (χ3v) is 6.25. The first-order chi connectivity index (χ1) is 16.5. The van der Waals surface area contributed by atoms with Gasteiger partial charge in [0.15, 0.2) is 6.29 Å². The number of benzene rings is 2. The monoisotopic (exact) mass is 453 g/mol. The van der Waals surface area contributed by atoms with Crippen LogP contribution in [0.5, 0.6) is 5.88 Å². The Bertz CT molecular complexity index is 1350. The predicted molar refractivity (Wildman–Crippen MR) is 134 cm³/mol. The van der Waals surface area contributed by atoms with Crippen LogP contribution in [0.2, 0.25) is 0 Å². The Morgan fingerprint density at radius 2 is 1.91 bits per heavy atom. The van der Waals surface area contributed by atoms with Crippen LogP contribution in [0, 0.1) is 0 Å². The fraction of sp³-hybridized carbons (Fsp3) is 0.259. The summed E-state index contributed by atoms with van der Waals surface area (Å²) in [6.07, 6.45) is 4.32. The summed E-state index contributed by atoms with van der Waals surface area (Å²) in [4.78, 5) is 27.9. The minimum absolute atomic E-state index is 0.0617. The number of aromatic nitrogens is 3. The lowest BCUT2D eigenvalue weighted by Gasteiger charge is -2.41. The zero-order chi connectivity index (χ0) is 23.7. The third-order valence-electron chi connectivity index (χ3n) is 6.25. The molecule has 0 amide bonds. The molecule has 0 unspecified atom stereocenters. The van der Waals surface area contributed by atoms with Crippen LogP contribution < -0.4 is 15.0 Å². The average Bonchev–Trinajstić information content (AvgIpc) is 2.87. The summed E-state index contributed by atoms with van der Waals surface area (Å²) in [5.74, 6) is 0.572. The van der Waals surface area contributed by atoms with Crippen molar-refractivity contribution in [2.24, 2.45) is 0 Å². The van der Waals surface area contributed by atoms with Crippen molar-refractivity contribution in [3.05, 3.63) is 66.6 Å². The van der Waals surface area contributed by atoms with Crippen LogP contribution >= 0.6 is 0 Å². The molecule has 34 heavy (non-hydrogen) atoms. The number of nitrogens with zero attached hydrogens (tertiary/aromatic N) is 4. The quantitative estimate of drug-likeness (QED) is 0.450. The summed E-state index contributed by atoms with van der Waals surface area (Å²) >= 11 is 0. The molecule has 0 aliphatic carbocycles. The molecule has 0 atom stereocenters. The molecule has 1 aliphatic rings. The Hall–Kier alpha value is -3.84. The number of carbonyl (C=O) groups excluding carboxylic acids is 1. The highest BCUT2D eigenvalue weighted by molar-refractivity contribution is 6.01. The number of aldehydes is 1. The summed E-state index contributed by atoms with van der Waals surface area (Å²) in [5, 5.41) is 4.47. The smallest absolute Gasteiger partial charge is 0.212 e. The highest BCUT2D eigenvalue weighted by Crippen LogP contribution is 2.38. The maximum Gasteiger partial charge on any atom is 0.212 e. The van der Waals surface area contributed by atoms with E-state index in [0.29, 0.717) is 11.4 Å². The molecule has 2 aromatic carbocycles. The fourth-order valence-corrected chi connectivity index (χ4v) is 4.66. The van der Waals surface area contributed by atoms with E-state index in [4.69, 9.17) is 9.72 Å². The number of ether oxygens (including phenoxy) is 1. The molecule has 1 N–H and O–H groups in total. The molecule has 7 nitrogen and oxygen atoms in total. The Morgan fingerprint density at radius 3 is 2.65 bits per heavy atom. The molecule has 7 heteroatoms. The van der Waals surface area contributed by atoms with E-state index in [1.165, 1.54) is 0 Å². The molecule has 0 saturated carbocycles. The fourth-order valence-electron chi connectivity index (χ4n) is 4.66. The number of methoxy groups -OCH3 is 1. The molecule has 1 fully saturated rings. The molecule has 0 radical (unpaired) electrons. The molecule has 3 heterocycles. The molecular formula is C27H27N5O2. The molecular weight excluding hydrogens is 426 g/mol. The first kappa shape index (κ1) is 22.0. The van der Waals surface area contributed by atoms with Crippen molar-refractivity contribution in [1.82, 2.24) is 20.3 Å². The summed E-state index contributed by atoms with van der Waals surface area (Å²) in [6.45, 7) is 6.80. The number of para-hydroxylation sites is 1. The van der Waals surface area contributed by atoms with Crippen LogP contribution in [0.4, 0.5) is 5.69 Å². The normalized spacial score (nSPS) is 15.3. The van der Waals surface area contributed by atoms with Crippen LogP contribution in [-0.4, -0.2) is 53.5 Å². The number of pyridine rings is 1. The van der Waals surface area contributed by atoms with Crippen molar-refractivity contribution in [3.8, 4) is 28.3 Å². The van der Waals surface area contributed by atoms with Crippen LogP contribution in [0.1, 0.15) is 24.2 Å². The van der Waals surface area contributed by atoms with E-state index in [1.54, 1.807) is 19.6 Å². The van der Waals surface area contributed by atoms with Crippen molar-refractivity contribution in [1.29, 1.82) is 0 Å². The first-order valence-electron chi connectivity index (χ1n) is 11.3. The van der Waals surface area contributed by atoms with Gasteiger partial charge in [-0.3, -0.25) is 4.79 Å². The number of piperazine rings is 1. The van der Waals surface area contributed by atoms with Gasteiger partial charge in [-0.25, -0.2) is 15.0 Å². The Morgan fingerprint density at radius 1 is 1.06 bits per heavy atom. The second-order valence-corrected chi connectivity index (χ2v) is 9.14. The maximum absolute atomic E-state index is 12.1. The summed E-state index contributed by atoms with van der Waals surface area (Å²) in [7, 11) is 1.60. The highest BCUT2D eigenvalue weighted by Gasteiger charge is 2.29. The minimum Gasteiger partial charge on any atom is -0.481 e. The number of hydrogen-bond donors (Lipinski definition) is 1. The van der Waals surface area contributed by atoms with E-state index < -0.39 is 0 Å². The minimum atomic E-state index is -0.0617. The van der Waals surface area contributed by atoms with Gasteiger partial charge in [0.25, 0.3) is 0 Å². The lowest BCUT2D eigenvalue weighted by Crippen LogP contribution is -2.57. The summed E-state index contributed by atoms with van der Waals surface area (Å²) in [5.41, 5.74) is 6.09.